The van der Waals surface area contributed by atoms with Crippen molar-refractivity contribution in [2.24, 2.45) is 0 Å². The van der Waals surface area contributed by atoms with Gasteiger partial charge in [0.15, 0.2) is 6.23 Å². The maximum atomic E-state index is 13.7. The third kappa shape index (κ3) is 3.34. The Labute approximate surface area is 147 Å². The average Bonchev–Trinajstić information content (AvgIpc) is 2.91. The van der Waals surface area contributed by atoms with Gasteiger partial charge in [0.2, 0.25) is 0 Å². The Morgan fingerprint density at radius 3 is 2.50 bits per heavy atom. The monoisotopic (exact) mass is 366 g/mol. The third-order valence-electron chi connectivity index (χ3n) is 4.45. The summed E-state index contributed by atoms with van der Waals surface area (Å²) in [6.45, 7) is -0.593. The molecule has 3 N–H and O–H groups in total. The lowest BCUT2D eigenvalue weighted by molar-refractivity contribution is -0.0556. The molecule has 2 aromatic rings. The lowest BCUT2D eigenvalue weighted by Gasteiger charge is -2.18. The fourth-order valence-electron chi connectivity index (χ4n) is 2.97. The van der Waals surface area contributed by atoms with Crippen LogP contribution in [0.25, 0.3) is 0 Å². The van der Waals surface area contributed by atoms with E-state index in [9.17, 15) is 24.2 Å². The topological polar surface area (TPSA) is 114 Å². The molecule has 0 amide bonds. The number of ether oxygens (including phenoxy) is 1. The summed E-state index contributed by atoms with van der Waals surface area (Å²) in [5.41, 5.74) is -0.972. The van der Waals surface area contributed by atoms with E-state index in [1.54, 1.807) is 18.2 Å². The van der Waals surface area contributed by atoms with Crippen LogP contribution in [0.2, 0.25) is 0 Å². The summed E-state index contributed by atoms with van der Waals surface area (Å²) in [7, 11) is 0. The van der Waals surface area contributed by atoms with Gasteiger partial charge in [0, 0.05) is 18.8 Å². The van der Waals surface area contributed by atoms with E-state index >= 15 is 0 Å². The Hall–Kier alpha value is -2.33. The fourth-order valence-corrected chi connectivity index (χ4v) is 2.97. The van der Waals surface area contributed by atoms with Crippen LogP contribution in [-0.2, 0) is 17.7 Å². The van der Waals surface area contributed by atoms with Crippen molar-refractivity contribution in [1.29, 1.82) is 0 Å². The van der Waals surface area contributed by atoms with E-state index in [1.807, 2.05) is 0 Å². The fraction of sp³-hybridized carbons (Fsp3) is 0.412. The van der Waals surface area contributed by atoms with Crippen molar-refractivity contribution < 1.29 is 24.4 Å². The van der Waals surface area contributed by atoms with Crippen molar-refractivity contribution in [2.75, 3.05) is 6.61 Å². The number of benzene rings is 1. The van der Waals surface area contributed by atoms with Gasteiger partial charge in [-0.2, -0.15) is 0 Å². The van der Waals surface area contributed by atoms with E-state index in [0.29, 0.717) is 5.56 Å². The number of nitrogens with zero attached hydrogens (tertiary/aromatic N) is 2. The summed E-state index contributed by atoms with van der Waals surface area (Å²) < 4.78 is 20.9. The third-order valence-corrected chi connectivity index (χ3v) is 4.45. The highest BCUT2D eigenvalue weighted by molar-refractivity contribution is 5.17. The lowest BCUT2D eigenvalue weighted by Crippen LogP contribution is -2.43. The van der Waals surface area contributed by atoms with E-state index in [0.717, 1.165) is 21.4 Å². The van der Waals surface area contributed by atoms with E-state index in [4.69, 9.17) is 9.84 Å². The Kier molecular flexibility index (Phi) is 5.33. The quantitative estimate of drug-likeness (QED) is 0.626. The molecule has 1 aliphatic rings. The van der Waals surface area contributed by atoms with Crippen molar-refractivity contribution >= 4 is 0 Å². The molecule has 26 heavy (non-hydrogen) atoms. The Bertz CT molecular complexity index is 895. The van der Waals surface area contributed by atoms with Crippen molar-refractivity contribution in [3.8, 4) is 0 Å². The first-order valence-electron chi connectivity index (χ1n) is 8.12. The van der Waals surface area contributed by atoms with Crippen LogP contribution in [0.5, 0.6) is 0 Å². The second-order valence-corrected chi connectivity index (χ2v) is 6.07. The summed E-state index contributed by atoms with van der Waals surface area (Å²) in [6.07, 6.45) is -3.80. The van der Waals surface area contributed by atoms with Crippen LogP contribution in [0.15, 0.2) is 46.1 Å². The van der Waals surface area contributed by atoms with Gasteiger partial charge >= 0.3 is 5.69 Å². The van der Waals surface area contributed by atoms with Gasteiger partial charge in [0.05, 0.1) is 6.61 Å². The molecule has 8 nitrogen and oxygen atoms in total. The lowest BCUT2D eigenvalue weighted by atomic mass is 10.1. The standard InChI is InChI=1S/C17H19FN2O6/c18-11-4-2-1-3-10(11)5-7-19-13(22)6-8-20(17(19)25)16-15(24)14(23)12(9-21)26-16/h1-4,6,8,12,14-16,21,23-24H,5,7,9H2/t12-,14-,15-,16-/m1/s1. The summed E-state index contributed by atoms with van der Waals surface area (Å²) in [5, 5.41) is 29.0. The van der Waals surface area contributed by atoms with Crippen molar-refractivity contribution in [3.05, 3.63) is 68.7 Å². The second kappa shape index (κ2) is 7.50. The van der Waals surface area contributed by atoms with Gasteiger partial charge in [-0.15, -0.1) is 0 Å². The summed E-state index contributed by atoms with van der Waals surface area (Å²) >= 11 is 0. The molecule has 3 rings (SSSR count). The highest BCUT2D eigenvalue weighted by Gasteiger charge is 2.43. The molecule has 140 valence electrons. The predicted octanol–water partition coefficient (Wildman–Crippen LogP) is -0.997. The number of rotatable bonds is 5. The minimum absolute atomic E-state index is 0.0613. The van der Waals surface area contributed by atoms with E-state index in [-0.39, 0.29) is 13.0 Å². The van der Waals surface area contributed by atoms with Crippen LogP contribution in [-0.4, -0.2) is 49.4 Å². The van der Waals surface area contributed by atoms with Crippen LogP contribution in [0.4, 0.5) is 4.39 Å². The van der Waals surface area contributed by atoms with Crippen LogP contribution in [0, 0.1) is 5.82 Å². The largest absolute Gasteiger partial charge is 0.394 e. The molecule has 1 aromatic carbocycles. The molecule has 9 heteroatoms. The number of aromatic nitrogens is 2. The van der Waals surface area contributed by atoms with E-state index in [2.05, 4.69) is 0 Å². The SMILES string of the molecule is O=c1ccn([C@@H]2O[C@H](CO)[C@@H](O)[C@H]2O)c(=O)n1CCc1ccccc1F. The first-order valence-corrected chi connectivity index (χ1v) is 8.12. The highest BCUT2D eigenvalue weighted by Crippen LogP contribution is 2.27. The zero-order valence-electron chi connectivity index (χ0n) is 13.7. The molecule has 0 bridgehead atoms. The number of hydrogen-bond acceptors (Lipinski definition) is 6. The second-order valence-electron chi connectivity index (χ2n) is 6.07. The molecule has 1 saturated heterocycles. The number of aliphatic hydroxyl groups is 3. The normalized spacial score (nSPS) is 25.5. The van der Waals surface area contributed by atoms with Gasteiger partial charge in [-0.05, 0) is 18.1 Å². The molecule has 0 radical (unpaired) electrons. The van der Waals surface area contributed by atoms with Gasteiger partial charge < -0.3 is 20.1 Å². The van der Waals surface area contributed by atoms with Crippen LogP contribution < -0.4 is 11.2 Å². The Morgan fingerprint density at radius 2 is 1.85 bits per heavy atom. The molecular formula is C17H19FN2O6. The van der Waals surface area contributed by atoms with Crippen LogP contribution in [0.3, 0.4) is 0 Å². The van der Waals surface area contributed by atoms with Gasteiger partial charge in [0.25, 0.3) is 5.56 Å². The molecule has 1 aliphatic heterocycles. The first kappa shape index (κ1) is 18.5. The molecule has 1 aromatic heterocycles. The zero-order valence-corrected chi connectivity index (χ0v) is 13.7. The smallest absolute Gasteiger partial charge is 0.333 e. The summed E-state index contributed by atoms with van der Waals surface area (Å²) in [4.78, 5) is 24.7. The molecule has 0 unspecified atom stereocenters. The van der Waals surface area contributed by atoms with Gasteiger partial charge in [-0.25, -0.2) is 9.18 Å². The molecule has 2 heterocycles. The molecule has 0 saturated carbocycles. The number of halogens is 1. The van der Waals surface area contributed by atoms with E-state index < -0.39 is 48.2 Å². The Balaban J connectivity index is 1.89. The van der Waals surface area contributed by atoms with E-state index in [1.165, 1.54) is 6.07 Å². The predicted molar refractivity (Wildman–Crippen MR) is 88.1 cm³/mol. The molecule has 1 fully saturated rings. The van der Waals surface area contributed by atoms with Gasteiger partial charge in [-0.1, -0.05) is 18.2 Å². The number of aryl methyl sites for hydroxylation is 1. The maximum absolute atomic E-state index is 13.7. The van der Waals surface area contributed by atoms with Crippen molar-refractivity contribution in [2.45, 2.75) is 37.5 Å². The number of hydrogen-bond donors (Lipinski definition) is 3. The maximum Gasteiger partial charge on any atom is 0.333 e. The van der Waals surface area contributed by atoms with Gasteiger partial charge in [0.1, 0.15) is 24.1 Å². The minimum atomic E-state index is -1.44. The minimum Gasteiger partial charge on any atom is -0.394 e. The van der Waals surface area contributed by atoms with Gasteiger partial charge in [-0.3, -0.25) is 13.9 Å². The first-order chi connectivity index (χ1) is 12.4. The van der Waals surface area contributed by atoms with Crippen molar-refractivity contribution in [1.82, 2.24) is 9.13 Å². The molecule has 0 spiro atoms. The molecule has 4 atom stereocenters. The Morgan fingerprint density at radius 1 is 1.12 bits per heavy atom. The summed E-state index contributed by atoms with van der Waals surface area (Å²) in [6, 6.07) is 7.18. The number of aliphatic hydroxyl groups excluding tert-OH is 3. The molecule has 0 aliphatic carbocycles. The van der Waals surface area contributed by atoms with Crippen LogP contribution >= 0.6 is 0 Å². The zero-order chi connectivity index (χ0) is 18.8. The summed E-state index contributed by atoms with van der Waals surface area (Å²) in [5.74, 6) is -0.430. The average molecular weight is 366 g/mol. The molecular weight excluding hydrogens is 347 g/mol. The van der Waals surface area contributed by atoms with Crippen molar-refractivity contribution in [3.63, 3.8) is 0 Å². The van der Waals surface area contributed by atoms with Crippen LogP contribution in [0.1, 0.15) is 11.8 Å². The highest BCUT2D eigenvalue weighted by atomic mass is 19.1.